The highest BCUT2D eigenvalue weighted by atomic mass is 19.2. The van der Waals surface area contributed by atoms with Crippen molar-refractivity contribution in [1.29, 1.82) is 0 Å². The fourth-order valence-electron chi connectivity index (χ4n) is 3.58. The largest absolute Gasteiger partial charge is 0.466 e. The van der Waals surface area contributed by atoms with Gasteiger partial charge in [0.05, 0.1) is 19.8 Å². The zero-order valence-corrected chi connectivity index (χ0v) is 22.8. The number of rotatable bonds is 15. The summed E-state index contributed by atoms with van der Waals surface area (Å²) in [6, 6.07) is 9.60. The lowest BCUT2D eigenvalue weighted by molar-refractivity contribution is -0.149. The summed E-state index contributed by atoms with van der Waals surface area (Å²) >= 11 is 0. The molecule has 0 saturated carbocycles. The van der Waals surface area contributed by atoms with Crippen molar-refractivity contribution in [2.45, 2.75) is 45.2 Å². The number of ether oxygens (including phenoxy) is 2. The van der Waals surface area contributed by atoms with Crippen LogP contribution < -0.4 is 16.0 Å². The molecule has 2 atom stereocenters. The predicted molar refractivity (Wildman–Crippen MR) is 145 cm³/mol. The summed E-state index contributed by atoms with van der Waals surface area (Å²) in [5.41, 5.74) is 0.952. The van der Waals surface area contributed by atoms with Crippen LogP contribution in [-0.4, -0.2) is 61.5 Å². The summed E-state index contributed by atoms with van der Waals surface area (Å²) in [6.45, 7) is 2.97. The second kappa shape index (κ2) is 17.2. The number of halogens is 2. The number of benzene rings is 2. The Bertz CT molecular complexity index is 1240. The van der Waals surface area contributed by atoms with Crippen molar-refractivity contribution in [2.75, 3.05) is 19.8 Å². The van der Waals surface area contributed by atoms with Gasteiger partial charge in [-0.05, 0) is 49.6 Å². The number of carbonyl (C=O) groups excluding carboxylic acids is 5. The Kier molecular flexibility index (Phi) is 13.6. The smallest absolute Gasteiger partial charge is 0.328 e. The summed E-state index contributed by atoms with van der Waals surface area (Å²) in [5.74, 6) is -5.46. The van der Waals surface area contributed by atoms with Gasteiger partial charge in [-0.2, -0.15) is 0 Å². The third-order valence-corrected chi connectivity index (χ3v) is 5.56. The van der Waals surface area contributed by atoms with Crippen molar-refractivity contribution in [3.8, 4) is 0 Å². The monoisotopic (exact) mass is 573 g/mol. The van der Waals surface area contributed by atoms with Crippen molar-refractivity contribution < 1.29 is 42.2 Å². The number of hydrogen-bond acceptors (Lipinski definition) is 7. The van der Waals surface area contributed by atoms with Crippen LogP contribution in [0.25, 0.3) is 6.08 Å². The Balaban J connectivity index is 2.06. The molecule has 0 aromatic heterocycles. The molecule has 0 aliphatic heterocycles. The normalized spacial score (nSPS) is 12.2. The van der Waals surface area contributed by atoms with Gasteiger partial charge in [0, 0.05) is 18.9 Å². The molecular weight excluding hydrogens is 540 g/mol. The van der Waals surface area contributed by atoms with Gasteiger partial charge in [-0.1, -0.05) is 36.4 Å². The fourth-order valence-corrected chi connectivity index (χ4v) is 3.58. The first-order valence-corrected chi connectivity index (χ1v) is 13.0. The first kappa shape index (κ1) is 32.6. The Labute approximate surface area is 236 Å². The molecule has 12 heteroatoms. The number of amides is 3. The minimum Gasteiger partial charge on any atom is -0.466 e. The highest BCUT2D eigenvalue weighted by molar-refractivity contribution is 5.95. The Morgan fingerprint density at radius 3 is 2.24 bits per heavy atom. The molecule has 0 fully saturated rings. The number of nitrogens with one attached hydrogen (secondary N) is 3. The number of carbonyl (C=O) groups is 5. The molecule has 41 heavy (non-hydrogen) atoms. The van der Waals surface area contributed by atoms with Crippen LogP contribution >= 0.6 is 0 Å². The lowest BCUT2D eigenvalue weighted by atomic mass is 10.0. The van der Waals surface area contributed by atoms with Gasteiger partial charge in [0.15, 0.2) is 11.6 Å². The second-order valence-corrected chi connectivity index (χ2v) is 8.69. The maximum atomic E-state index is 13.3. The number of hydrogen-bond donors (Lipinski definition) is 3. The minimum absolute atomic E-state index is 0.0546. The Morgan fingerprint density at radius 1 is 0.878 bits per heavy atom. The molecule has 3 amide bonds. The van der Waals surface area contributed by atoms with E-state index >= 15 is 0 Å². The predicted octanol–water partition coefficient (Wildman–Crippen LogP) is 2.21. The van der Waals surface area contributed by atoms with Crippen LogP contribution in [-0.2, 0) is 39.9 Å². The molecule has 2 aromatic rings. The maximum Gasteiger partial charge on any atom is 0.328 e. The van der Waals surface area contributed by atoms with Crippen LogP contribution in [0.5, 0.6) is 0 Å². The summed E-state index contributed by atoms with van der Waals surface area (Å²) < 4.78 is 36.3. The molecule has 0 heterocycles. The van der Waals surface area contributed by atoms with Gasteiger partial charge in [-0.3, -0.25) is 19.2 Å². The standard InChI is InChI=1S/C29H33F2N3O7/c1-3-40-27(37)15-13-23(29(39)41-4-2)34-28(38)24(17-19-8-6-5-7-9-19)33-26(36)18-32-25(35)14-11-20-10-12-21(30)22(31)16-20/h5-12,14,16,23-24H,3-4,13,15,17-18H2,1-2H3,(H,32,35)(H,33,36)(H,34,38)/b14-11+/t23-,24+/m1/s1. The minimum atomic E-state index is -1.16. The maximum absolute atomic E-state index is 13.3. The molecule has 0 aliphatic carbocycles. The zero-order chi connectivity index (χ0) is 30.2. The fraction of sp³-hybridized carbons (Fsp3) is 0.345. The Morgan fingerprint density at radius 2 is 1.59 bits per heavy atom. The van der Waals surface area contributed by atoms with Crippen LogP contribution in [0.15, 0.2) is 54.6 Å². The molecule has 2 rings (SSSR count). The van der Waals surface area contributed by atoms with Crippen molar-refractivity contribution in [3.63, 3.8) is 0 Å². The van der Waals surface area contributed by atoms with Crippen LogP contribution in [0.1, 0.15) is 37.8 Å². The molecule has 0 spiro atoms. The third-order valence-electron chi connectivity index (χ3n) is 5.56. The van der Waals surface area contributed by atoms with Crippen molar-refractivity contribution in [1.82, 2.24) is 16.0 Å². The van der Waals surface area contributed by atoms with Gasteiger partial charge in [-0.25, -0.2) is 13.6 Å². The van der Waals surface area contributed by atoms with E-state index in [1.165, 1.54) is 12.1 Å². The van der Waals surface area contributed by atoms with E-state index < -0.39 is 59.9 Å². The molecule has 2 aromatic carbocycles. The molecule has 0 saturated heterocycles. The van der Waals surface area contributed by atoms with Crippen molar-refractivity contribution in [2.24, 2.45) is 0 Å². The zero-order valence-electron chi connectivity index (χ0n) is 22.8. The highest BCUT2D eigenvalue weighted by Gasteiger charge is 2.28. The van der Waals surface area contributed by atoms with Gasteiger partial charge >= 0.3 is 11.9 Å². The summed E-state index contributed by atoms with van der Waals surface area (Å²) in [6.07, 6.45) is 2.14. The van der Waals surface area contributed by atoms with E-state index in [1.54, 1.807) is 44.2 Å². The van der Waals surface area contributed by atoms with Crippen LogP contribution in [0.2, 0.25) is 0 Å². The van der Waals surface area contributed by atoms with E-state index in [1.807, 2.05) is 0 Å². The SMILES string of the molecule is CCOC(=O)CC[C@@H](NC(=O)[C@H](Cc1ccccc1)NC(=O)CNC(=O)/C=C/c1ccc(F)c(F)c1)C(=O)OCC. The van der Waals surface area contributed by atoms with Gasteiger partial charge in [-0.15, -0.1) is 0 Å². The highest BCUT2D eigenvalue weighted by Crippen LogP contribution is 2.10. The molecule has 10 nitrogen and oxygen atoms in total. The number of esters is 2. The average molecular weight is 574 g/mol. The van der Waals surface area contributed by atoms with Crippen LogP contribution in [0, 0.1) is 11.6 Å². The lowest BCUT2D eigenvalue weighted by Crippen LogP contribution is -2.54. The summed E-state index contributed by atoms with van der Waals surface area (Å²) in [7, 11) is 0. The van der Waals surface area contributed by atoms with Gasteiger partial charge < -0.3 is 25.4 Å². The van der Waals surface area contributed by atoms with E-state index in [-0.39, 0.29) is 38.0 Å². The van der Waals surface area contributed by atoms with E-state index in [9.17, 15) is 32.8 Å². The summed E-state index contributed by atoms with van der Waals surface area (Å²) in [4.78, 5) is 62.2. The van der Waals surface area contributed by atoms with Crippen LogP contribution in [0.4, 0.5) is 8.78 Å². The molecular formula is C29H33F2N3O7. The quantitative estimate of drug-likeness (QED) is 0.219. The topological polar surface area (TPSA) is 140 Å². The van der Waals surface area contributed by atoms with Gasteiger partial charge in [0.1, 0.15) is 12.1 Å². The first-order chi connectivity index (χ1) is 19.6. The molecule has 0 radical (unpaired) electrons. The molecule has 0 unspecified atom stereocenters. The summed E-state index contributed by atoms with van der Waals surface area (Å²) in [5, 5.41) is 7.43. The third kappa shape index (κ3) is 12.0. The van der Waals surface area contributed by atoms with E-state index in [0.29, 0.717) is 5.56 Å². The van der Waals surface area contributed by atoms with E-state index in [4.69, 9.17) is 9.47 Å². The molecule has 0 aliphatic rings. The molecule has 220 valence electrons. The molecule has 0 bridgehead atoms. The van der Waals surface area contributed by atoms with Crippen molar-refractivity contribution >= 4 is 35.7 Å². The average Bonchev–Trinajstić information content (AvgIpc) is 2.95. The van der Waals surface area contributed by atoms with E-state index in [2.05, 4.69) is 16.0 Å². The molecule has 3 N–H and O–H groups in total. The lowest BCUT2D eigenvalue weighted by Gasteiger charge is -2.22. The van der Waals surface area contributed by atoms with Gasteiger partial charge in [0.25, 0.3) is 0 Å². The van der Waals surface area contributed by atoms with Crippen LogP contribution in [0.3, 0.4) is 0 Å². The first-order valence-electron chi connectivity index (χ1n) is 13.0. The Hall–Kier alpha value is -4.61. The van der Waals surface area contributed by atoms with E-state index in [0.717, 1.165) is 18.2 Å². The second-order valence-electron chi connectivity index (χ2n) is 8.69. The van der Waals surface area contributed by atoms with Gasteiger partial charge in [0.2, 0.25) is 17.7 Å². The van der Waals surface area contributed by atoms with Crippen molar-refractivity contribution in [3.05, 3.63) is 77.4 Å².